The molecule has 1 aliphatic heterocycles. The summed E-state index contributed by atoms with van der Waals surface area (Å²) in [6.07, 6.45) is 2.02. The van der Waals surface area contributed by atoms with Gasteiger partial charge in [-0.2, -0.15) is 0 Å². The first-order valence-electron chi connectivity index (χ1n) is 13.2. The van der Waals surface area contributed by atoms with Crippen molar-refractivity contribution in [1.82, 2.24) is 14.9 Å². The predicted octanol–water partition coefficient (Wildman–Crippen LogP) is 3.61. The van der Waals surface area contributed by atoms with Gasteiger partial charge in [-0.1, -0.05) is 18.2 Å². The van der Waals surface area contributed by atoms with E-state index >= 15 is 0 Å². The molecule has 1 aromatic heterocycles. The second kappa shape index (κ2) is 12.4. The minimum Gasteiger partial charge on any atom is -0.491 e. The number of aliphatic hydroxyl groups is 2. The summed E-state index contributed by atoms with van der Waals surface area (Å²) >= 11 is 0. The van der Waals surface area contributed by atoms with Gasteiger partial charge in [-0.05, 0) is 79.4 Å². The zero-order valence-electron chi connectivity index (χ0n) is 21.6. The molecule has 204 valence electrons. The number of piperidine rings is 1. The molecule has 1 unspecified atom stereocenters. The SMILES string of the molecule is O=c1c2cc(-c3cccc(F)c3)ccc2nc(-c2ccc(OCCO)cc2OCCO)n1CC1CCCNC1. The molecule has 0 bridgehead atoms. The van der Waals surface area contributed by atoms with Crippen LogP contribution >= 0.6 is 0 Å². The van der Waals surface area contributed by atoms with Crippen molar-refractivity contribution in [3.05, 3.63) is 76.8 Å². The Morgan fingerprint density at radius 3 is 2.59 bits per heavy atom. The minimum atomic E-state index is -0.342. The van der Waals surface area contributed by atoms with E-state index in [2.05, 4.69) is 5.32 Å². The number of hydrogen-bond donors (Lipinski definition) is 3. The molecule has 0 saturated carbocycles. The maximum atomic E-state index is 14.1. The summed E-state index contributed by atoms with van der Waals surface area (Å²) in [6.45, 7) is 2.09. The predicted molar refractivity (Wildman–Crippen MR) is 148 cm³/mol. The van der Waals surface area contributed by atoms with E-state index in [0.717, 1.165) is 31.5 Å². The van der Waals surface area contributed by atoms with Gasteiger partial charge in [-0.3, -0.25) is 9.36 Å². The summed E-state index contributed by atoms with van der Waals surface area (Å²) in [7, 11) is 0. The molecule has 0 spiro atoms. The molecule has 8 nitrogen and oxygen atoms in total. The highest BCUT2D eigenvalue weighted by molar-refractivity contribution is 5.85. The largest absolute Gasteiger partial charge is 0.491 e. The zero-order chi connectivity index (χ0) is 27.2. The highest BCUT2D eigenvalue weighted by atomic mass is 19.1. The van der Waals surface area contributed by atoms with Crippen molar-refractivity contribution in [3.8, 4) is 34.0 Å². The van der Waals surface area contributed by atoms with Gasteiger partial charge >= 0.3 is 0 Å². The number of nitrogens with zero attached hydrogens (tertiary/aromatic N) is 2. The highest BCUT2D eigenvalue weighted by Gasteiger charge is 2.22. The van der Waals surface area contributed by atoms with Gasteiger partial charge in [0.2, 0.25) is 0 Å². The van der Waals surface area contributed by atoms with Crippen molar-refractivity contribution in [3.63, 3.8) is 0 Å². The lowest BCUT2D eigenvalue weighted by Crippen LogP contribution is -2.35. The van der Waals surface area contributed by atoms with Crippen molar-refractivity contribution < 1.29 is 24.1 Å². The summed E-state index contributed by atoms with van der Waals surface area (Å²) in [5.74, 6) is 1.27. The monoisotopic (exact) mass is 533 g/mol. The van der Waals surface area contributed by atoms with Crippen molar-refractivity contribution >= 4 is 10.9 Å². The molecule has 0 amide bonds. The molecular formula is C30H32FN3O5. The first-order valence-corrected chi connectivity index (χ1v) is 13.2. The standard InChI is InChI=1S/C30H32FN3O5/c31-23-5-1-4-21(15-23)22-6-9-27-26(16-22)30(37)34(19-20-3-2-10-32-18-20)29(33-27)25-8-7-24(38-13-11-35)17-28(25)39-14-12-36/h1,4-9,15-17,20,32,35-36H,2-3,10-14,18-19H2. The van der Waals surface area contributed by atoms with Crippen molar-refractivity contribution in [2.75, 3.05) is 39.5 Å². The van der Waals surface area contributed by atoms with E-state index in [1.807, 2.05) is 12.1 Å². The van der Waals surface area contributed by atoms with Crippen molar-refractivity contribution in [1.29, 1.82) is 0 Å². The Bertz CT molecular complexity index is 1500. The van der Waals surface area contributed by atoms with E-state index in [4.69, 9.17) is 19.6 Å². The summed E-state index contributed by atoms with van der Waals surface area (Å²) in [5, 5.41) is 22.4. The smallest absolute Gasteiger partial charge is 0.261 e. The molecule has 1 aliphatic rings. The van der Waals surface area contributed by atoms with Crippen LogP contribution in [0.2, 0.25) is 0 Å². The van der Waals surface area contributed by atoms with E-state index in [-0.39, 0.29) is 43.7 Å². The van der Waals surface area contributed by atoms with Gasteiger partial charge in [0.15, 0.2) is 0 Å². The Kier molecular flexibility index (Phi) is 8.51. The van der Waals surface area contributed by atoms with Crippen molar-refractivity contribution in [2.45, 2.75) is 19.4 Å². The molecule has 1 atom stereocenters. The summed E-state index contributed by atoms with van der Waals surface area (Å²) in [5.41, 5.74) is 2.34. The Balaban J connectivity index is 1.66. The fourth-order valence-corrected chi connectivity index (χ4v) is 5.00. The van der Waals surface area contributed by atoms with Gasteiger partial charge in [-0.25, -0.2) is 9.37 Å². The van der Waals surface area contributed by atoms with Gasteiger partial charge in [0.1, 0.15) is 36.4 Å². The van der Waals surface area contributed by atoms with Crippen LogP contribution in [0.5, 0.6) is 11.5 Å². The van der Waals surface area contributed by atoms with Gasteiger partial charge in [0, 0.05) is 12.6 Å². The lowest BCUT2D eigenvalue weighted by atomic mass is 9.99. The van der Waals surface area contributed by atoms with Gasteiger partial charge in [0.05, 0.1) is 29.7 Å². The quantitative estimate of drug-likeness (QED) is 0.286. The van der Waals surface area contributed by atoms with Crippen molar-refractivity contribution in [2.24, 2.45) is 5.92 Å². The Labute approximate surface area is 225 Å². The topological polar surface area (TPSA) is 106 Å². The van der Waals surface area contributed by atoms with Gasteiger partial charge in [-0.15, -0.1) is 0 Å². The number of ether oxygens (including phenoxy) is 2. The Hall–Kier alpha value is -3.79. The van der Waals surface area contributed by atoms with E-state index < -0.39 is 0 Å². The number of benzene rings is 3. The minimum absolute atomic E-state index is 0.0534. The van der Waals surface area contributed by atoms with Crippen LogP contribution in [0, 0.1) is 11.7 Å². The fourth-order valence-electron chi connectivity index (χ4n) is 5.00. The number of aromatic nitrogens is 2. The van der Waals surface area contributed by atoms with Crippen LogP contribution in [0.1, 0.15) is 12.8 Å². The lowest BCUT2D eigenvalue weighted by molar-refractivity contribution is 0.195. The molecule has 1 fully saturated rings. The molecule has 5 rings (SSSR count). The van der Waals surface area contributed by atoms with Crippen LogP contribution in [0.15, 0.2) is 65.5 Å². The van der Waals surface area contributed by atoms with Crippen LogP contribution in [-0.4, -0.2) is 59.3 Å². The number of halogens is 1. The van der Waals surface area contributed by atoms with Crippen LogP contribution in [0.25, 0.3) is 33.4 Å². The molecule has 4 aromatic rings. The molecule has 0 aliphatic carbocycles. The van der Waals surface area contributed by atoms with Gasteiger partial charge < -0.3 is 25.0 Å². The Morgan fingerprint density at radius 2 is 1.82 bits per heavy atom. The average molecular weight is 534 g/mol. The summed E-state index contributed by atoms with van der Waals surface area (Å²) < 4.78 is 27.0. The molecule has 2 heterocycles. The molecule has 0 radical (unpaired) electrons. The normalized spacial score (nSPS) is 15.4. The first kappa shape index (κ1) is 26.8. The third-order valence-electron chi connectivity index (χ3n) is 6.85. The molecule has 3 aromatic carbocycles. The number of hydrogen-bond acceptors (Lipinski definition) is 7. The first-order chi connectivity index (χ1) is 19.1. The lowest BCUT2D eigenvalue weighted by Gasteiger charge is -2.25. The van der Waals surface area contributed by atoms with E-state index in [0.29, 0.717) is 45.9 Å². The second-order valence-corrected chi connectivity index (χ2v) is 9.61. The number of fused-ring (bicyclic) bond motifs is 1. The maximum Gasteiger partial charge on any atom is 0.261 e. The summed E-state index contributed by atoms with van der Waals surface area (Å²) in [4.78, 5) is 19.0. The molecule has 39 heavy (non-hydrogen) atoms. The molecule has 1 saturated heterocycles. The third kappa shape index (κ3) is 6.11. The van der Waals surface area contributed by atoms with Gasteiger partial charge in [0.25, 0.3) is 5.56 Å². The van der Waals surface area contributed by atoms with Crippen LogP contribution in [0.3, 0.4) is 0 Å². The third-order valence-corrected chi connectivity index (χ3v) is 6.85. The summed E-state index contributed by atoms with van der Waals surface area (Å²) in [6, 6.07) is 16.9. The fraction of sp³-hybridized carbons (Fsp3) is 0.333. The van der Waals surface area contributed by atoms with E-state index in [1.54, 1.807) is 41.0 Å². The van der Waals surface area contributed by atoms with E-state index in [9.17, 15) is 14.3 Å². The van der Waals surface area contributed by atoms with Crippen LogP contribution in [-0.2, 0) is 6.54 Å². The highest BCUT2D eigenvalue weighted by Crippen LogP contribution is 2.34. The Morgan fingerprint density at radius 1 is 1.00 bits per heavy atom. The van der Waals surface area contributed by atoms with E-state index in [1.165, 1.54) is 12.1 Å². The number of nitrogens with one attached hydrogen (secondary N) is 1. The molecule has 3 N–H and O–H groups in total. The van der Waals surface area contributed by atoms with Crippen LogP contribution < -0.4 is 20.3 Å². The zero-order valence-corrected chi connectivity index (χ0v) is 21.6. The second-order valence-electron chi connectivity index (χ2n) is 9.61. The number of rotatable bonds is 10. The average Bonchev–Trinajstić information content (AvgIpc) is 2.97. The molecular weight excluding hydrogens is 501 g/mol. The maximum absolute atomic E-state index is 14.1. The van der Waals surface area contributed by atoms with Crippen LogP contribution in [0.4, 0.5) is 4.39 Å². The number of aliphatic hydroxyl groups excluding tert-OH is 2. The molecule has 9 heteroatoms.